The highest BCUT2D eigenvalue weighted by Crippen LogP contribution is 2.46. The third kappa shape index (κ3) is 4.10. The van der Waals surface area contributed by atoms with Crippen molar-refractivity contribution in [2.45, 2.75) is 31.8 Å². The number of amides is 1. The van der Waals surface area contributed by atoms with E-state index in [0.29, 0.717) is 11.2 Å². The lowest BCUT2D eigenvalue weighted by molar-refractivity contribution is -0.223. The maximum atomic E-state index is 15.4. The second kappa shape index (κ2) is 8.45. The van der Waals surface area contributed by atoms with E-state index in [4.69, 9.17) is 16.3 Å². The first-order chi connectivity index (χ1) is 16.6. The molecule has 1 amide bonds. The zero-order chi connectivity index (χ0) is 25.1. The number of anilines is 1. The summed E-state index contributed by atoms with van der Waals surface area (Å²) in [5.74, 6) is -2.26. The van der Waals surface area contributed by atoms with Crippen LogP contribution in [0.5, 0.6) is 0 Å². The molecular weight excluding hydrogens is 497 g/mol. The fourth-order valence-electron chi connectivity index (χ4n) is 4.03. The number of alkyl halides is 4. The Bertz CT molecular complexity index is 1450. The number of nitrogens with zero attached hydrogens (tertiary/aromatic N) is 3. The van der Waals surface area contributed by atoms with Crippen LogP contribution < -0.4 is 5.32 Å². The van der Waals surface area contributed by atoms with Crippen molar-refractivity contribution in [3.63, 3.8) is 0 Å². The molecule has 1 fully saturated rings. The fourth-order valence-corrected chi connectivity index (χ4v) is 4.34. The molecule has 3 aromatic heterocycles. The van der Waals surface area contributed by atoms with Crippen molar-refractivity contribution in [3.8, 4) is 11.1 Å². The molecular formula is C22H17ClF5N5O2. The predicted molar refractivity (Wildman–Crippen MR) is 117 cm³/mol. The van der Waals surface area contributed by atoms with Crippen LogP contribution in [0.4, 0.5) is 27.8 Å². The third-order valence-corrected chi connectivity index (χ3v) is 6.11. The van der Waals surface area contributed by atoms with Crippen LogP contribution in [0.2, 0.25) is 5.02 Å². The highest BCUT2D eigenvalue weighted by atomic mass is 35.5. The highest BCUT2D eigenvalue weighted by molar-refractivity contribution is 6.35. The normalized spacial score (nSPS) is 18.8. The topological polar surface area (TPSA) is 84.3 Å². The van der Waals surface area contributed by atoms with Crippen molar-refractivity contribution >= 4 is 39.9 Å². The Labute approximate surface area is 199 Å². The summed E-state index contributed by atoms with van der Waals surface area (Å²) in [6, 6.07) is 3.12. The molecule has 5 rings (SSSR count). The van der Waals surface area contributed by atoms with Gasteiger partial charge in [0.25, 0.3) is 0 Å². The van der Waals surface area contributed by atoms with Crippen LogP contribution in [0.3, 0.4) is 0 Å². The van der Waals surface area contributed by atoms with E-state index in [0.717, 1.165) is 0 Å². The molecule has 7 nitrogen and oxygen atoms in total. The molecule has 0 saturated heterocycles. The molecule has 4 aromatic rings. The third-order valence-electron chi connectivity index (χ3n) is 5.76. The molecule has 1 saturated carbocycles. The molecule has 35 heavy (non-hydrogen) atoms. The van der Waals surface area contributed by atoms with E-state index in [1.165, 1.54) is 29.9 Å². The molecule has 2 N–H and O–H groups in total. The van der Waals surface area contributed by atoms with Crippen LogP contribution in [-0.2, 0) is 9.53 Å². The average Bonchev–Trinajstić information content (AvgIpc) is 3.16. The number of aromatic nitrogens is 4. The summed E-state index contributed by atoms with van der Waals surface area (Å²) in [7, 11) is 0. The number of benzene rings is 1. The smallest absolute Gasteiger partial charge is 0.364 e. The van der Waals surface area contributed by atoms with Gasteiger partial charge < -0.3 is 14.5 Å². The number of carbonyl (C=O) groups excluding carboxylic acids is 1. The lowest BCUT2D eigenvalue weighted by Gasteiger charge is -2.23. The number of carbonyl (C=O) groups is 1. The summed E-state index contributed by atoms with van der Waals surface area (Å²) in [6.07, 6.45) is -4.15. The maximum absolute atomic E-state index is 15.4. The van der Waals surface area contributed by atoms with Crippen LogP contribution in [0, 0.1) is 11.7 Å². The summed E-state index contributed by atoms with van der Waals surface area (Å²) < 4.78 is 75.9. The highest BCUT2D eigenvalue weighted by Gasteiger charge is 2.45. The quantitative estimate of drug-likeness (QED) is 0.328. The first kappa shape index (κ1) is 23.5. The molecule has 0 radical (unpaired) electrons. The van der Waals surface area contributed by atoms with Crippen molar-refractivity contribution in [1.29, 1.82) is 0 Å². The van der Waals surface area contributed by atoms with Gasteiger partial charge in [-0.05, 0) is 25.5 Å². The van der Waals surface area contributed by atoms with Gasteiger partial charge in [0.1, 0.15) is 11.8 Å². The number of ether oxygens (including phenoxy) is 1. The van der Waals surface area contributed by atoms with Crippen LogP contribution in [0.15, 0.2) is 30.7 Å². The Kier molecular flexibility index (Phi) is 5.67. The van der Waals surface area contributed by atoms with E-state index >= 15 is 4.39 Å². The lowest BCUT2D eigenvalue weighted by Crippen LogP contribution is -2.25. The van der Waals surface area contributed by atoms with Gasteiger partial charge in [-0.2, -0.15) is 18.3 Å². The minimum atomic E-state index is -4.89. The van der Waals surface area contributed by atoms with Crippen molar-refractivity contribution in [2.24, 2.45) is 5.92 Å². The van der Waals surface area contributed by atoms with Crippen molar-refractivity contribution in [2.75, 3.05) is 11.9 Å². The Morgan fingerprint density at radius 1 is 1.37 bits per heavy atom. The first-order valence-electron chi connectivity index (χ1n) is 10.6. The molecule has 0 aliphatic heterocycles. The average molecular weight is 514 g/mol. The molecule has 3 atom stereocenters. The Balaban J connectivity index is 1.59. The van der Waals surface area contributed by atoms with E-state index in [1.54, 1.807) is 12.1 Å². The van der Waals surface area contributed by atoms with Gasteiger partial charge in [-0.1, -0.05) is 11.6 Å². The number of hydrogen-bond donors (Lipinski definition) is 2. The van der Waals surface area contributed by atoms with E-state index in [-0.39, 0.29) is 35.3 Å². The summed E-state index contributed by atoms with van der Waals surface area (Å²) >= 11 is 6.29. The Morgan fingerprint density at radius 3 is 2.77 bits per heavy atom. The molecule has 13 heteroatoms. The number of halogens is 6. The number of pyridine rings is 1. The van der Waals surface area contributed by atoms with Gasteiger partial charge >= 0.3 is 6.18 Å². The zero-order valence-corrected chi connectivity index (χ0v) is 18.7. The Morgan fingerprint density at radius 2 is 2.11 bits per heavy atom. The van der Waals surface area contributed by atoms with Gasteiger partial charge in [-0.3, -0.25) is 9.89 Å². The number of aromatic amines is 1. The van der Waals surface area contributed by atoms with Gasteiger partial charge in [-0.25, -0.2) is 13.8 Å². The van der Waals surface area contributed by atoms with Crippen LogP contribution >= 0.6 is 11.6 Å². The summed E-state index contributed by atoms with van der Waals surface area (Å²) in [5.41, 5.74) is -0.0713. The molecule has 3 heterocycles. The fraction of sp³-hybridized carbons (Fsp3) is 0.318. The summed E-state index contributed by atoms with van der Waals surface area (Å²) in [4.78, 5) is 16.2. The standard InChI is InChI=1S/C22H17ClF5N5O2/c1-2-35-20(22(26,27)28)16-18(25)17(23)15(11-6-29-32-19(11)16)9-3-4-14-30-13(8-33(14)7-9)31-21(34)10-5-12(10)24/h3-4,6-8,10,12,20H,2,5H2,1H3,(H,29,32)(H,31,34)/t10-,12+,20?/m1/s1. The minimum Gasteiger partial charge on any atom is -0.364 e. The number of hydrogen-bond acceptors (Lipinski definition) is 4. The molecule has 0 bridgehead atoms. The van der Waals surface area contributed by atoms with E-state index in [2.05, 4.69) is 20.5 Å². The maximum Gasteiger partial charge on any atom is 0.419 e. The van der Waals surface area contributed by atoms with Crippen molar-refractivity contribution in [1.82, 2.24) is 19.6 Å². The lowest BCUT2D eigenvalue weighted by atomic mass is 9.97. The summed E-state index contributed by atoms with van der Waals surface area (Å²) in [6.45, 7) is 1.07. The van der Waals surface area contributed by atoms with Crippen LogP contribution in [0.1, 0.15) is 25.0 Å². The number of H-pyrrole nitrogens is 1. The second-order valence-corrected chi connectivity index (χ2v) is 8.49. The molecule has 1 unspecified atom stereocenters. The van der Waals surface area contributed by atoms with E-state index < -0.39 is 46.7 Å². The Hall–Kier alpha value is -3.25. The van der Waals surface area contributed by atoms with Gasteiger partial charge in [-0.15, -0.1) is 0 Å². The SMILES string of the molecule is CCOC(c1c(F)c(Cl)c(-c2ccc3nc(NC(=O)[C@@H]4C[C@@H]4F)cn3c2)c2cn[nH]c12)C(F)(F)F. The molecule has 1 aliphatic rings. The van der Waals surface area contributed by atoms with Crippen molar-refractivity contribution in [3.05, 3.63) is 47.1 Å². The predicted octanol–water partition coefficient (Wildman–Crippen LogP) is 5.61. The number of fused-ring (bicyclic) bond motifs is 2. The largest absolute Gasteiger partial charge is 0.419 e. The van der Waals surface area contributed by atoms with Gasteiger partial charge in [0.2, 0.25) is 5.91 Å². The van der Waals surface area contributed by atoms with Crippen LogP contribution in [0.25, 0.3) is 27.7 Å². The second-order valence-electron chi connectivity index (χ2n) is 8.11. The zero-order valence-electron chi connectivity index (χ0n) is 18.0. The molecule has 0 spiro atoms. The van der Waals surface area contributed by atoms with Gasteiger partial charge in [0, 0.05) is 29.3 Å². The number of rotatable bonds is 6. The van der Waals surface area contributed by atoms with E-state index in [1.807, 2.05) is 0 Å². The number of nitrogens with one attached hydrogen (secondary N) is 2. The monoisotopic (exact) mass is 513 g/mol. The van der Waals surface area contributed by atoms with Crippen LogP contribution in [-0.4, -0.2) is 44.4 Å². The summed E-state index contributed by atoms with van der Waals surface area (Å²) in [5, 5.41) is 8.42. The minimum absolute atomic E-state index is 0.119. The van der Waals surface area contributed by atoms with Gasteiger partial charge in [0.05, 0.1) is 34.4 Å². The number of imidazole rings is 1. The van der Waals surface area contributed by atoms with Crippen molar-refractivity contribution < 1.29 is 31.5 Å². The van der Waals surface area contributed by atoms with E-state index in [9.17, 15) is 22.4 Å². The molecule has 1 aromatic carbocycles. The molecule has 184 valence electrons. The first-order valence-corrected chi connectivity index (χ1v) is 10.9. The van der Waals surface area contributed by atoms with Gasteiger partial charge in [0.15, 0.2) is 17.7 Å². The molecule has 1 aliphatic carbocycles.